The summed E-state index contributed by atoms with van der Waals surface area (Å²) >= 11 is 0. The van der Waals surface area contributed by atoms with Crippen LogP contribution in [0.25, 0.3) is 6.08 Å². The molecule has 0 bridgehead atoms. The molecule has 3 rings (SSSR count). The summed E-state index contributed by atoms with van der Waals surface area (Å²) in [5.74, 6) is 0.258. The van der Waals surface area contributed by atoms with E-state index in [0.717, 1.165) is 11.1 Å². The van der Waals surface area contributed by atoms with Crippen LogP contribution in [0.4, 0.5) is 23.8 Å². The minimum atomic E-state index is -4.70. The van der Waals surface area contributed by atoms with E-state index in [9.17, 15) is 18.0 Å². The molecule has 1 aromatic heterocycles. The summed E-state index contributed by atoms with van der Waals surface area (Å²) in [6.07, 6.45) is -0.555. The average molecular weight is 392 g/mol. The van der Waals surface area contributed by atoms with Gasteiger partial charge >= 0.3 is 12.4 Å². The molecule has 1 unspecified atom stereocenters. The first-order chi connectivity index (χ1) is 13.3. The summed E-state index contributed by atoms with van der Waals surface area (Å²) < 4.78 is 40.6. The lowest BCUT2D eigenvalue weighted by Gasteiger charge is -2.33. The molecule has 2 heterocycles. The number of ether oxygens (including phenoxy) is 1. The van der Waals surface area contributed by atoms with Gasteiger partial charge in [-0.25, -0.2) is 4.79 Å². The highest BCUT2D eigenvalue weighted by atomic mass is 19.4. The molecule has 2 amide bonds. The number of rotatable bonds is 3. The number of amides is 2. The number of halogens is 3. The van der Waals surface area contributed by atoms with E-state index in [1.165, 1.54) is 18.3 Å². The first kappa shape index (κ1) is 19.7. The maximum atomic E-state index is 12.4. The number of hydrogen-bond donors (Lipinski definition) is 1. The Labute approximate surface area is 160 Å². The molecule has 1 atom stereocenters. The van der Waals surface area contributed by atoms with Crippen molar-refractivity contribution < 1.29 is 22.7 Å². The molecule has 0 saturated carbocycles. The Morgan fingerprint density at radius 2 is 2.04 bits per heavy atom. The summed E-state index contributed by atoms with van der Waals surface area (Å²) in [6, 6.07) is 8.84. The van der Waals surface area contributed by atoms with Gasteiger partial charge in [-0.3, -0.25) is 5.32 Å². The van der Waals surface area contributed by atoms with Crippen LogP contribution in [0.1, 0.15) is 18.9 Å². The monoisotopic (exact) mass is 392 g/mol. The third kappa shape index (κ3) is 5.45. The van der Waals surface area contributed by atoms with E-state index >= 15 is 0 Å². The van der Waals surface area contributed by atoms with Crippen LogP contribution in [-0.2, 0) is 0 Å². The van der Waals surface area contributed by atoms with Gasteiger partial charge in [0.1, 0.15) is 5.75 Å². The van der Waals surface area contributed by atoms with Gasteiger partial charge in [0, 0.05) is 19.3 Å². The van der Waals surface area contributed by atoms with Crippen molar-refractivity contribution in [3.8, 4) is 5.75 Å². The lowest BCUT2D eigenvalue weighted by Crippen LogP contribution is -2.42. The fraction of sp³-hybridized carbons (Fsp3) is 0.316. The molecule has 6 nitrogen and oxygen atoms in total. The molecule has 9 heteroatoms. The van der Waals surface area contributed by atoms with E-state index in [4.69, 9.17) is 0 Å². The van der Waals surface area contributed by atoms with Crippen LogP contribution in [0.2, 0.25) is 0 Å². The van der Waals surface area contributed by atoms with E-state index in [1.807, 2.05) is 13.0 Å². The van der Waals surface area contributed by atoms with Crippen molar-refractivity contribution in [2.75, 3.05) is 18.4 Å². The number of likely N-dealkylation sites (tertiary alicyclic amines) is 1. The molecule has 1 fully saturated rings. The fourth-order valence-corrected chi connectivity index (χ4v) is 2.99. The SMILES string of the molecule is CC1CN(C(=O)Nc2cccnn2)CC/C1=C\c1ccc(OC(F)(F)F)cc1. The van der Waals surface area contributed by atoms with Crippen molar-refractivity contribution in [2.45, 2.75) is 19.7 Å². The zero-order valence-electron chi connectivity index (χ0n) is 15.1. The second-order valence-electron chi connectivity index (χ2n) is 6.47. The van der Waals surface area contributed by atoms with Crippen LogP contribution < -0.4 is 10.1 Å². The number of urea groups is 1. The normalized spacial score (nSPS) is 18.8. The van der Waals surface area contributed by atoms with E-state index < -0.39 is 6.36 Å². The van der Waals surface area contributed by atoms with Gasteiger partial charge in [0.25, 0.3) is 0 Å². The molecule has 1 aromatic carbocycles. The van der Waals surface area contributed by atoms with Crippen LogP contribution in [0.15, 0.2) is 48.2 Å². The lowest BCUT2D eigenvalue weighted by molar-refractivity contribution is -0.274. The van der Waals surface area contributed by atoms with Gasteiger partial charge in [0.2, 0.25) is 0 Å². The van der Waals surface area contributed by atoms with Crippen molar-refractivity contribution in [3.63, 3.8) is 0 Å². The Bertz CT molecular complexity index is 839. The number of carbonyl (C=O) groups is 1. The standard InChI is InChI=1S/C19H19F3N4O2/c1-13-12-26(18(27)24-17-3-2-9-23-25-17)10-8-15(13)11-14-4-6-16(7-5-14)28-19(20,21)22/h2-7,9,11,13H,8,10,12H2,1H3,(H,24,25,27)/b15-11+. The second-order valence-corrected chi connectivity index (χ2v) is 6.47. The predicted molar refractivity (Wildman–Crippen MR) is 97.5 cm³/mol. The summed E-state index contributed by atoms with van der Waals surface area (Å²) in [6.45, 7) is 3.08. The largest absolute Gasteiger partial charge is 0.573 e. The minimum absolute atomic E-state index is 0.118. The van der Waals surface area contributed by atoms with Crippen LogP contribution in [0.5, 0.6) is 5.75 Å². The molecule has 1 N–H and O–H groups in total. The maximum Gasteiger partial charge on any atom is 0.573 e. The molecule has 0 spiro atoms. The summed E-state index contributed by atoms with van der Waals surface area (Å²) in [7, 11) is 0. The topological polar surface area (TPSA) is 67.4 Å². The van der Waals surface area contributed by atoms with Crippen molar-refractivity contribution in [3.05, 3.63) is 53.7 Å². The summed E-state index contributed by atoms with van der Waals surface area (Å²) in [5, 5.41) is 10.3. The fourth-order valence-electron chi connectivity index (χ4n) is 2.99. The van der Waals surface area contributed by atoms with Crippen molar-refractivity contribution in [2.24, 2.45) is 5.92 Å². The first-order valence-electron chi connectivity index (χ1n) is 8.70. The summed E-state index contributed by atoms with van der Waals surface area (Å²) in [5.41, 5.74) is 1.92. The second kappa shape index (κ2) is 8.28. The number of carbonyl (C=O) groups excluding carboxylic acids is 1. The quantitative estimate of drug-likeness (QED) is 0.844. The van der Waals surface area contributed by atoms with Crippen molar-refractivity contribution in [1.29, 1.82) is 0 Å². The molecule has 0 radical (unpaired) electrons. The number of aromatic nitrogens is 2. The van der Waals surface area contributed by atoms with Crippen LogP contribution in [-0.4, -0.2) is 40.6 Å². The number of nitrogens with one attached hydrogen (secondary N) is 1. The Morgan fingerprint density at radius 3 is 2.64 bits per heavy atom. The van der Waals surface area contributed by atoms with Crippen LogP contribution in [0.3, 0.4) is 0 Å². The number of hydrogen-bond acceptors (Lipinski definition) is 4. The first-order valence-corrected chi connectivity index (χ1v) is 8.70. The molecule has 28 heavy (non-hydrogen) atoms. The minimum Gasteiger partial charge on any atom is -0.406 e. The number of anilines is 1. The third-order valence-electron chi connectivity index (χ3n) is 4.36. The van der Waals surface area contributed by atoms with Gasteiger partial charge < -0.3 is 9.64 Å². The number of benzene rings is 1. The van der Waals surface area contributed by atoms with Gasteiger partial charge in [0.05, 0.1) is 0 Å². The molecule has 2 aromatic rings. The maximum absolute atomic E-state index is 12.4. The molecular weight excluding hydrogens is 373 g/mol. The van der Waals surface area contributed by atoms with E-state index in [0.29, 0.717) is 25.3 Å². The Balaban J connectivity index is 1.59. The summed E-state index contributed by atoms with van der Waals surface area (Å²) in [4.78, 5) is 14.1. The van der Waals surface area contributed by atoms with E-state index in [1.54, 1.807) is 29.2 Å². The number of nitrogens with zero attached hydrogens (tertiary/aromatic N) is 3. The lowest BCUT2D eigenvalue weighted by atomic mass is 9.91. The zero-order valence-corrected chi connectivity index (χ0v) is 15.1. The van der Waals surface area contributed by atoms with E-state index in [2.05, 4.69) is 20.3 Å². The van der Waals surface area contributed by atoms with Gasteiger partial charge in [-0.1, -0.05) is 30.7 Å². The Hall–Kier alpha value is -3.10. The molecule has 0 aliphatic carbocycles. The van der Waals surface area contributed by atoms with Crippen molar-refractivity contribution in [1.82, 2.24) is 15.1 Å². The number of alkyl halides is 3. The molecule has 148 valence electrons. The van der Waals surface area contributed by atoms with Crippen LogP contribution in [0, 0.1) is 5.92 Å². The highest BCUT2D eigenvalue weighted by Gasteiger charge is 2.31. The Morgan fingerprint density at radius 1 is 1.29 bits per heavy atom. The van der Waals surface area contributed by atoms with Gasteiger partial charge in [-0.05, 0) is 42.2 Å². The van der Waals surface area contributed by atoms with Crippen LogP contribution >= 0.6 is 0 Å². The number of piperidine rings is 1. The Kier molecular flexibility index (Phi) is 5.81. The molecule has 1 saturated heterocycles. The van der Waals surface area contributed by atoms with Gasteiger partial charge in [-0.2, -0.15) is 5.10 Å². The molecule has 1 aliphatic heterocycles. The van der Waals surface area contributed by atoms with Gasteiger partial charge in [0.15, 0.2) is 5.82 Å². The molecule has 1 aliphatic rings. The third-order valence-corrected chi connectivity index (χ3v) is 4.36. The van der Waals surface area contributed by atoms with Crippen molar-refractivity contribution >= 4 is 17.9 Å². The highest BCUT2D eigenvalue weighted by molar-refractivity contribution is 5.88. The average Bonchev–Trinajstić information content (AvgIpc) is 2.64. The smallest absolute Gasteiger partial charge is 0.406 e. The van der Waals surface area contributed by atoms with Gasteiger partial charge in [-0.15, -0.1) is 18.3 Å². The predicted octanol–water partition coefficient (Wildman–Crippen LogP) is 4.33. The zero-order chi connectivity index (χ0) is 20.1. The van der Waals surface area contributed by atoms with E-state index in [-0.39, 0.29) is 17.7 Å². The molecular formula is C19H19F3N4O2. The highest BCUT2D eigenvalue weighted by Crippen LogP contribution is 2.27.